The molecular weight excluding hydrogens is 219 g/mol. The maximum atomic E-state index is 13.7. The van der Waals surface area contributed by atoms with Crippen molar-refractivity contribution in [1.82, 2.24) is 9.97 Å². The smallest absolute Gasteiger partial charge is 0.224 e. The lowest BCUT2D eigenvalue weighted by Gasteiger charge is -2.38. The van der Waals surface area contributed by atoms with Crippen molar-refractivity contribution in [3.63, 3.8) is 0 Å². The largest absolute Gasteiger partial charge is 0.357 e. The molecule has 1 aliphatic rings. The van der Waals surface area contributed by atoms with Crippen molar-refractivity contribution < 1.29 is 4.39 Å². The van der Waals surface area contributed by atoms with Crippen LogP contribution in [0, 0.1) is 11.2 Å². The van der Waals surface area contributed by atoms with Crippen molar-refractivity contribution in [2.75, 3.05) is 30.4 Å². The summed E-state index contributed by atoms with van der Waals surface area (Å²) in [5.41, 5.74) is 0.218. The van der Waals surface area contributed by atoms with Gasteiger partial charge in [0, 0.05) is 20.1 Å². The summed E-state index contributed by atoms with van der Waals surface area (Å²) in [7, 11) is 1.73. The van der Waals surface area contributed by atoms with Crippen molar-refractivity contribution in [3.8, 4) is 0 Å². The van der Waals surface area contributed by atoms with Crippen molar-refractivity contribution in [2.45, 2.75) is 26.7 Å². The quantitative estimate of drug-likeness (QED) is 0.858. The predicted molar refractivity (Wildman–Crippen MR) is 66.8 cm³/mol. The number of nitrogens with one attached hydrogen (secondary N) is 1. The van der Waals surface area contributed by atoms with Gasteiger partial charge in [0.1, 0.15) is 0 Å². The second kappa shape index (κ2) is 4.47. The van der Waals surface area contributed by atoms with E-state index in [0.29, 0.717) is 11.8 Å². The first kappa shape index (κ1) is 12.1. The van der Waals surface area contributed by atoms with Crippen LogP contribution in [0.3, 0.4) is 0 Å². The fourth-order valence-corrected chi connectivity index (χ4v) is 2.30. The van der Waals surface area contributed by atoms with Crippen LogP contribution >= 0.6 is 0 Å². The zero-order valence-electron chi connectivity index (χ0n) is 10.6. The SMILES string of the molecule is CNc1ncc(F)c(N2CCCC(C)(C)C2)n1. The number of aromatic nitrogens is 2. The molecule has 94 valence electrons. The Morgan fingerprint density at radius 2 is 2.24 bits per heavy atom. The van der Waals surface area contributed by atoms with Crippen LogP contribution in [0.4, 0.5) is 16.2 Å². The standard InChI is InChI=1S/C12H19FN4/c1-12(2)5-4-6-17(8-12)10-9(13)7-15-11(14-3)16-10/h7H,4-6,8H2,1-3H3,(H,14,15,16). The summed E-state index contributed by atoms with van der Waals surface area (Å²) < 4.78 is 13.7. The lowest BCUT2D eigenvalue weighted by Crippen LogP contribution is -2.41. The van der Waals surface area contributed by atoms with Gasteiger partial charge in [0.05, 0.1) is 6.20 Å². The fourth-order valence-electron chi connectivity index (χ4n) is 2.30. The highest BCUT2D eigenvalue weighted by Crippen LogP contribution is 2.31. The van der Waals surface area contributed by atoms with Crippen LogP contribution in [0.1, 0.15) is 26.7 Å². The van der Waals surface area contributed by atoms with E-state index in [2.05, 4.69) is 29.1 Å². The van der Waals surface area contributed by atoms with Gasteiger partial charge in [-0.15, -0.1) is 0 Å². The van der Waals surface area contributed by atoms with Crippen molar-refractivity contribution in [1.29, 1.82) is 0 Å². The molecule has 1 fully saturated rings. The minimum absolute atomic E-state index is 0.218. The monoisotopic (exact) mass is 238 g/mol. The zero-order chi connectivity index (χ0) is 12.5. The highest BCUT2D eigenvalue weighted by Gasteiger charge is 2.28. The molecule has 0 saturated carbocycles. The van der Waals surface area contributed by atoms with E-state index in [4.69, 9.17) is 0 Å². The van der Waals surface area contributed by atoms with Crippen LogP contribution in [0.15, 0.2) is 6.20 Å². The van der Waals surface area contributed by atoms with Crippen molar-refractivity contribution in [3.05, 3.63) is 12.0 Å². The molecule has 1 saturated heterocycles. The molecule has 1 N–H and O–H groups in total. The Kier molecular flexibility index (Phi) is 3.17. The van der Waals surface area contributed by atoms with Gasteiger partial charge in [-0.3, -0.25) is 0 Å². The molecule has 0 unspecified atom stereocenters. The Bertz CT molecular complexity index is 405. The molecule has 1 aromatic rings. The van der Waals surface area contributed by atoms with Gasteiger partial charge in [-0.1, -0.05) is 13.8 Å². The van der Waals surface area contributed by atoms with Crippen LogP contribution in [0.5, 0.6) is 0 Å². The zero-order valence-corrected chi connectivity index (χ0v) is 10.6. The average Bonchev–Trinajstić information content (AvgIpc) is 2.28. The molecule has 5 heteroatoms. The Morgan fingerprint density at radius 1 is 1.47 bits per heavy atom. The number of piperidine rings is 1. The van der Waals surface area contributed by atoms with Gasteiger partial charge in [-0.2, -0.15) is 4.98 Å². The van der Waals surface area contributed by atoms with Gasteiger partial charge in [-0.05, 0) is 18.3 Å². The third-order valence-electron chi connectivity index (χ3n) is 3.15. The lowest BCUT2D eigenvalue weighted by atomic mass is 9.84. The molecule has 0 bridgehead atoms. The van der Waals surface area contributed by atoms with Gasteiger partial charge in [0.15, 0.2) is 11.6 Å². The van der Waals surface area contributed by atoms with Crippen molar-refractivity contribution in [2.24, 2.45) is 5.41 Å². The predicted octanol–water partition coefficient (Wildman–Crippen LogP) is 2.28. The number of hydrogen-bond acceptors (Lipinski definition) is 4. The summed E-state index contributed by atoms with van der Waals surface area (Å²) in [6, 6.07) is 0. The van der Waals surface area contributed by atoms with Crippen molar-refractivity contribution >= 4 is 11.8 Å². The van der Waals surface area contributed by atoms with Gasteiger partial charge in [0.2, 0.25) is 5.95 Å². The first-order valence-corrected chi connectivity index (χ1v) is 5.97. The van der Waals surface area contributed by atoms with Gasteiger partial charge >= 0.3 is 0 Å². The molecule has 1 aliphatic heterocycles. The third-order valence-corrected chi connectivity index (χ3v) is 3.15. The highest BCUT2D eigenvalue weighted by atomic mass is 19.1. The number of halogens is 1. The molecule has 4 nitrogen and oxygen atoms in total. The van der Waals surface area contributed by atoms with Gasteiger partial charge in [-0.25, -0.2) is 9.37 Å². The van der Waals surface area contributed by atoms with E-state index in [1.54, 1.807) is 7.05 Å². The molecule has 1 aromatic heterocycles. The first-order chi connectivity index (χ1) is 8.02. The molecule has 0 atom stereocenters. The topological polar surface area (TPSA) is 41.1 Å². The maximum absolute atomic E-state index is 13.7. The summed E-state index contributed by atoms with van der Waals surface area (Å²) in [5.74, 6) is 0.531. The minimum Gasteiger partial charge on any atom is -0.357 e. The molecule has 0 aromatic carbocycles. The molecule has 17 heavy (non-hydrogen) atoms. The summed E-state index contributed by atoms with van der Waals surface area (Å²) in [4.78, 5) is 10.1. The molecule has 0 amide bonds. The van der Waals surface area contributed by atoms with Crippen LogP contribution in [0.25, 0.3) is 0 Å². The molecule has 2 heterocycles. The van der Waals surface area contributed by atoms with Crippen LogP contribution in [-0.4, -0.2) is 30.1 Å². The number of anilines is 2. The normalized spacial score (nSPS) is 19.2. The second-order valence-electron chi connectivity index (χ2n) is 5.30. The molecule has 0 aliphatic carbocycles. The number of rotatable bonds is 2. The van der Waals surface area contributed by atoms with Crippen LogP contribution < -0.4 is 10.2 Å². The fraction of sp³-hybridized carbons (Fsp3) is 0.667. The summed E-state index contributed by atoms with van der Waals surface area (Å²) in [6.45, 7) is 6.11. The van der Waals surface area contributed by atoms with E-state index in [-0.39, 0.29) is 11.2 Å². The Morgan fingerprint density at radius 3 is 2.88 bits per heavy atom. The maximum Gasteiger partial charge on any atom is 0.224 e. The molecular formula is C12H19FN4. The van der Waals surface area contributed by atoms with Gasteiger partial charge < -0.3 is 10.2 Å². The van der Waals surface area contributed by atoms with E-state index < -0.39 is 0 Å². The lowest BCUT2D eigenvalue weighted by molar-refractivity contribution is 0.290. The van der Waals surface area contributed by atoms with Crippen LogP contribution in [0.2, 0.25) is 0 Å². The minimum atomic E-state index is -0.346. The number of hydrogen-bond donors (Lipinski definition) is 1. The van der Waals surface area contributed by atoms with E-state index in [1.165, 1.54) is 12.6 Å². The first-order valence-electron chi connectivity index (χ1n) is 5.97. The number of nitrogens with zero attached hydrogens (tertiary/aromatic N) is 3. The summed E-state index contributed by atoms with van der Waals surface area (Å²) >= 11 is 0. The van der Waals surface area contributed by atoms with Gasteiger partial charge in [0.25, 0.3) is 0 Å². The average molecular weight is 238 g/mol. The third kappa shape index (κ3) is 2.65. The molecule has 2 rings (SSSR count). The van der Waals surface area contributed by atoms with Crippen LogP contribution in [-0.2, 0) is 0 Å². The van der Waals surface area contributed by atoms with E-state index in [9.17, 15) is 4.39 Å². The van der Waals surface area contributed by atoms with E-state index in [1.807, 2.05) is 4.90 Å². The summed E-state index contributed by atoms with van der Waals surface area (Å²) in [5, 5.41) is 2.84. The Labute approximate surface area is 101 Å². The molecule has 0 radical (unpaired) electrons. The van der Waals surface area contributed by atoms with E-state index in [0.717, 1.165) is 19.5 Å². The molecule has 0 spiro atoms. The Balaban J connectivity index is 2.26. The Hall–Kier alpha value is -1.39. The highest BCUT2D eigenvalue weighted by molar-refractivity contribution is 5.44. The summed E-state index contributed by atoms with van der Waals surface area (Å²) in [6.07, 6.45) is 3.48. The van der Waals surface area contributed by atoms with E-state index >= 15 is 0 Å². The second-order valence-corrected chi connectivity index (χ2v) is 5.30.